The summed E-state index contributed by atoms with van der Waals surface area (Å²) in [5.74, 6) is 0.991. The maximum atomic E-state index is 12.6. The Kier molecular flexibility index (Phi) is 3.16. The third-order valence-corrected chi connectivity index (χ3v) is 5.64. The molecule has 0 atom stereocenters. The smallest absolute Gasteiger partial charge is 0.355 e. The molecule has 8 heteroatoms. The molecule has 2 aromatic heterocycles. The number of nitrogens with zero attached hydrogens (tertiary/aromatic N) is 3. The zero-order valence-electron chi connectivity index (χ0n) is 12.2. The number of Topliss-reactive ketones (excluding diaryl/α,β-unsaturated/α-hetero) is 1. The summed E-state index contributed by atoms with van der Waals surface area (Å²) >= 11 is 1.06. The Morgan fingerprint density at radius 1 is 1.30 bits per heavy atom. The molecule has 0 unspecified atom stereocenters. The van der Waals surface area contributed by atoms with Crippen molar-refractivity contribution >= 4 is 33.2 Å². The predicted molar refractivity (Wildman–Crippen MR) is 80.7 cm³/mol. The number of fused-ring (bicyclic) bond motifs is 1. The van der Waals surface area contributed by atoms with Crippen LogP contribution in [0.2, 0.25) is 0 Å². The van der Waals surface area contributed by atoms with Gasteiger partial charge >= 0.3 is 6.18 Å². The van der Waals surface area contributed by atoms with Crippen molar-refractivity contribution in [1.29, 1.82) is 0 Å². The van der Waals surface area contributed by atoms with E-state index in [-0.39, 0.29) is 10.3 Å². The highest BCUT2D eigenvalue weighted by atomic mass is 32.1. The SMILES string of the molecule is O=C1CCC2(C1)CN(c1ncnc3sc(CC(F)(F)F)cc13)C2. The van der Waals surface area contributed by atoms with Crippen LogP contribution in [0.25, 0.3) is 10.2 Å². The summed E-state index contributed by atoms with van der Waals surface area (Å²) in [6.07, 6.45) is -1.61. The molecule has 0 amide bonds. The molecule has 1 saturated heterocycles. The monoisotopic (exact) mass is 341 g/mol. The zero-order chi connectivity index (χ0) is 16.2. The van der Waals surface area contributed by atoms with Gasteiger partial charge in [-0.15, -0.1) is 11.3 Å². The van der Waals surface area contributed by atoms with Gasteiger partial charge in [-0.05, 0) is 12.5 Å². The minimum atomic E-state index is -4.22. The van der Waals surface area contributed by atoms with E-state index in [1.807, 2.05) is 4.90 Å². The molecule has 4 nitrogen and oxygen atoms in total. The number of hydrogen-bond donors (Lipinski definition) is 0. The maximum Gasteiger partial charge on any atom is 0.393 e. The Hall–Kier alpha value is -1.70. The summed E-state index contributed by atoms with van der Waals surface area (Å²) in [4.78, 5) is 22.7. The molecule has 0 N–H and O–H groups in total. The van der Waals surface area contributed by atoms with E-state index < -0.39 is 12.6 Å². The second kappa shape index (κ2) is 4.90. The van der Waals surface area contributed by atoms with Gasteiger partial charge in [0.25, 0.3) is 0 Å². The van der Waals surface area contributed by atoms with Crippen molar-refractivity contribution in [3.05, 3.63) is 17.3 Å². The van der Waals surface area contributed by atoms with Gasteiger partial charge in [-0.1, -0.05) is 0 Å². The molecular formula is C15H14F3N3OS. The van der Waals surface area contributed by atoms with Gasteiger partial charge in [0.15, 0.2) is 0 Å². The van der Waals surface area contributed by atoms with Crippen molar-refractivity contribution in [1.82, 2.24) is 9.97 Å². The van der Waals surface area contributed by atoms with Crippen LogP contribution in [0.1, 0.15) is 24.1 Å². The highest BCUT2D eigenvalue weighted by Crippen LogP contribution is 2.46. The lowest BCUT2D eigenvalue weighted by Gasteiger charge is -2.48. The van der Waals surface area contributed by atoms with E-state index in [0.29, 0.717) is 34.7 Å². The first kappa shape index (κ1) is 14.9. The number of hydrogen-bond acceptors (Lipinski definition) is 5. The van der Waals surface area contributed by atoms with Crippen LogP contribution in [0.3, 0.4) is 0 Å². The average Bonchev–Trinajstić information content (AvgIpc) is 2.97. The standard InChI is InChI=1S/C15H14F3N3OS/c16-15(17,18)5-10-3-11-12(19-8-20-13(11)23-10)21-6-14(7-21)2-1-9(22)4-14/h3,8H,1-2,4-7H2. The lowest BCUT2D eigenvalue weighted by molar-refractivity contribution is -0.126. The van der Waals surface area contributed by atoms with E-state index in [1.54, 1.807) is 6.07 Å². The molecule has 3 heterocycles. The van der Waals surface area contributed by atoms with E-state index in [0.717, 1.165) is 30.8 Å². The van der Waals surface area contributed by atoms with Gasteiger partial charge in [0.05, 0.1) is 11.8 Å². The molecule has 0 aromatic carbocycles. The summed E-state index contributed by atoms with van der Waals surface area (Å²) in [7, 11) is 0. The Labute approximate surface area is 134 Å². The highest BCUT2D eigenvalue weighted by molar-refractivity contribution is 7.18. The summed E-state index contributed by atoms with van der Waals surface area (Å²) in [5.41, 5.74) is 0.0547. The van der Waals surface area contributed by atoms with Gasteiger partial charge < -0.3 is 4.90 Å². The maximum absolute atomic E-state index is 12.6. The molecule has 1 spiro atoms. The first-order valence-corrected chi connectivity index (χ1v) is 8.22. The zero-order valence-corrected chi connectivity index (χ0v) is 13.0. The number of carbonyl (C=O) groups is 1. The summed E-state index contributed by atoms with van der Waals surface area (Å²) in [5, 5.41) is 0.677. The Morgan fingerprint density at radius 3 is 2.74 bits per heavy atom. The Balaban J connectivity index is 1.60. The van der Waals surface area contributed by atoms with Crippen LogP contribution in [0.15, 0.2) is 12.4 Å². The molecule has 1 aliphatic heterocycles. The number of halogens is 3. The van der Waals surface area contributed by atoms with Gasteiger partial charge in [-0.2, -0.15) is 13.2 Å². The van der Waals surface area contributed by atoms with Crippen LogP contribution in [0.4, 0.5) is 19.0 Å². The van der Waals surface area contributed by atoms with Gasteiger partial charge in [0.2, 0.25) is 0 Å². The molecule has 2 aliphatic rings. The summed E-state index contributed by atoms with van der Waals surface area (Å²) in [6.45, 7) is 1.49. The molecule has 4 rings (SSSR count). The van der Waals surface area contributed by atoms with E-state index in [2.05, 4.69) is 9.97 Å². The lowest BCUT2D eigenvalue weighted by Crippen LogP contribution is -2.55. The molecule has 0 bridgehead atoms. The summed E-state index contributed by atoms with van der Waals surface area (Å²) in [6, 6.07) is 1.55. The van der Waals surface area contributed by atoms with E-state index >= 15 is 0 Å². The van der Waals surface area contributed by atoms with Crippen molar-refractivity contribution in [3.8, 4) is 0 Å². The minimum absolute atomic E-state index is 0.0547. The van der Waals surface area contributed by atoms with Crippen LogP contribution in [0.5, 0.6) is 0 Å². The van der Waals surface area contributed by atoms with Crippen molar-refractivity contribution < 1.29 is 18.0 Å². The Morgan fingerprint density at radius 2 is 2.09 bits per heavy atom. The quantitative estimate of drug-likeness (QED) is 0.840. The second-order valence-electron chi connectivity index (χ2n) is 6.49. The Bertz CT molecular complexity index is 780. The second-order valence-corrected chi connectivity index (χ2v) is 7.61. The van der Waals surface area contributed by atoms with Gasteiger partial charge in [0, 0.05) is 36.2 Å². The normalized spacial score (nSPS) is 20.5. The van der Waals surface area contributed by atoms with Gasteiger partial charge in [-0.3, -0.25) is 4.79 Å². The number of alkyl halides is 3. The van der Waals surface area contributed by atoms with Crippen LogP contribution < -0.4 is 4.90 Å². The molecule has 122 valence electrons. The van der Waals surface area contributed by atoms with Crippen molar-refractivity contribution in [2.45, 2.75) is 31.9 Å². The first-order valence-electron chi connectivity index (χ1n) is 7.40. The van der Waals surface area contributed by atoms with Crippen molar-refractivity contribution in [2.75, 3.05) is 18.0 Å². The van der Waals surface area contributed by atoms with Crippen molar-refractivity contribution in [3.63, 3.8) is 0 Å². The fourth-order valence-electron chi connectivity index (χ4n) is 3.61. The van der Waals surface area contributed by atoms with Crippen LogP contribution >= 0.6 is 11.3 Å². The number of ketones is 1. The van der Waals surface area contributed by atoms with Crippen LogP contribution in [-0.4, -0.2) is 35.0 Å². The fourth-order valence-corrected chi connectivity index (χ4v) is 4.63. The lowest BCUT2D eigenvalue weighted by atomic mass is 9.78. The summed E-state index contributed by atoms with van der Waals surface area (Å²) < 4.78 is 37.7. The fraction of sp³-hybridized carbons (Fsp3) is 0.533. The molecule has 1 aliphatic carbocycles. The number of aromatic nitrogens is 2. The minimum Gasteiger partial charge on any atom is -0.355 e. The number of anilines is 1. The number of carbonyl (C=O) groups excluding carboxylic acids is 1. The molecule has 2 fully saturated rings. The average molecular weight is 341 g/mol. The third-order valence-electron chi connectivity index (χ3n) is 4.59. The molecule has 2 aromatic rings. The van der Waals surface area contributed by atoms with E-state index in [1.165, 1.54) is 6.33 Å². The van der Waals surface area contributed by atoms with Gasteiger partial charge in [-0.25, -0.2) is 9.97 Å². The van der Waals surface area contributed by atoms with E-state index in [9.17, 15) is 18.0 Å². The molecule has 1 saturated carbocycles. The predicted octanol–water partition coefficient (Wildman–Crippen LogP) is 3.36. The first-order chi connectivity index (χ1) is 10.8. The molecule has 0 radical (unpaired) electrons. The molecular weight excluding hydrogens is 327 g/mol. The topological polar surface area (TPSA) is 46.1 Å². The highest BCUT2D eigenvalue weighted by Gasteiger charge is 2.48. The third kappa shape index (κ3) is 2.69. The van der Waals surface area contributed by atoms with Crippen LogP contribution in [-0.2, 0) is 11.2 Å². The van der Waals surface area contributed by atoms with Gasteiger partial charge in [0.1, 0.15) is 22.8 Å². The van der Waals surface area contributed by atoms with E-state index in [4.69, 9.17) is 0 Å². The number of thiophene rings is 1. The largest absolute Gasteiger partial charge is 0.393 e. The number of rotatable bonds is 2. The van der Waals surface area contributed by atoms with Crippen LogP contribution in [0, 0.1) is 5.41 Å². The molecule has 23 heavy (non-hydrogen) atoms. The van der Waals surface area contributed by atoms with Crippen molar-refractivity contribution in [2.24, 2.45) is 5.41 Å².